The first-order valence-corrected chi connectivity index (χ1v) is 17.7. The lowest BCUT2D eigenvalue weighted by molar-refractivity contribution is -0.117. The van der Waals surface area contributed by atoms with Crippen LogP contribution in [0.25, 0.3) is 22.4 Å². The number of pyridine rings is 1. The zero-order chi connectivity index (χ0) is 36.3. The van der Waals surface area contributed by atoms with E-state index in [0.717, 1.165) is 53.6 Å². The summed E-state index contributed by atoms with van der Waals surface area (Å²) in [6, 6.07) is 19.9. The summed E-state index contributed by atoms with van der Waals surface area (Å²) in [6.07, 6.45) is 5.27. The Morgan fingerprint density at radius 3 is 2.20 bits per heavy atom. The molecule has 0 bridgehead atoms. The predicted molar refractivity (Wildman–Crippen MR) is 194 cm³/mol. The van der Waals surface area contributed by atoms with E-state index in [9.17, 15) is 19.5 Å². The van der Waals surface area contributed by atoms with Gasteiger partial charge in [0.15, 0.2) is 0 Å². The summed E-state index contributed by atoms with van der Waals surface area (Å²) in [6.45, 7) is 10.9. The van der Waals surface area contributed by atoms with Crippen molar-refractivity contribution in [3.8, 4) is 22.4 Å². The maximum atomic E-state index is 13.2. The number of anilines is 1. The van der Waals surface area contributed by atoms with Gasteiger partial charge in [-0.2, -0.15) is 0 Å². The minimum atomic E-state index is -0.894. The Morgan fingerprint density at radius 2 is 1.62 bits per heavy atom. The van der Waals surface area contributed by atoms with Crippen molar-refractivity contribution in [1.29, 1.82) is 0 Å². The summed E-state index contributed by atoms with van der Waals surface area (Å²) < 4.78 is 10.9. The molecule has 2 saturated carbocycles. The molecule has 50 heavy (non-hydrogen) atoms. The molecule has 0 unspecified atom stereocenters. The molecule has 3 amide bonds. The summed E-state index contributed by atoms with van der Waals surface area (Å²) in [5.74, 6) is 0.186. The van der Waals surface area contributed by atoms with Crippen LogP contribution in [0.3, 0.4) is 0 Å². The highest BCUT2D eigenvalue weighted by Gasteiger charge is 2.53. The highest BCUT2D eigenvalue weighted by molar-refractivity contribution is 5.93. The van der Waals surface area contributed by atoms with Crippen molar-refractivity contribution in [1.82, 2.24) is 15.2 Å². The number of aliphatic hydroxyl groups is 1. The molecule has 1 heterocycles. The van der Waals surface area contributed by atoms with Crippen LogP contribution in [0.5, 0.6) is 0 Å². The van der Waals surface area contributed by atoms with Gasteiger partial charge in [-0.3, -0.25) is 9.78 Å². The minimum absolute atomic E-state index is 0.0573. The number of alkyl carbamates (subject to hydrolysis) is 1. The number of ether oxygens (including phenoxy) is 2. The SMILES string of the molecule is CC(C)OC(=O)N(C)C1CCC(CC(=O)Nc2cnc(-c3ccc(C4(NC(=O)OC(C)(C)C)CC(C)(O)C4)cc3)c(-c3ccccc3)c2)CC1. The molecule has 0 spiro atoms. The van der Waals surface area contributed by atoms with E-state index in [-0.39, 0.29) is 30.1 Å². The number of nitrogens with zero attached hydrogens (tertiary/aromatic N) is 2. The third-order valence-corrected chi connectivity index (χ3v) is 9.54. The number of rotatable bonds is 9. The van der Waals surface area contributed by atoms with E-state index in [4.69, 9.17) is 14.5 Å². The number of benzene rings is 2. The Bertz CT molecular complexity index is 1650. The molecule has 0 atom stereocenters. The van der Waals surface area contributed by atoms with Crippen LogP contribution in [0.15, 0.2) is 66.9 Å². The lowest BCUT2D eigenvalue weighted by atomic mass is 9.62. The van der Waals surface area contributed by atoms with Gasteiger partial charge in [0.1, 0.15) is 5.60 Å². The van der Waals surface area contributed by atoms with Gasteiger partial charge in [0.2, 0.25) is 5.91 Å². The molecule has 3 aromatic rings. The molecule has 2 aliphatic rings. The van der Waals surface area contributed by atoms with Crippen LogP contribution in [0, 0.1) is 5.92 Å². The first-order valence-electron chi connectivity index (χ1n) is 17.7. The van der Waals surface area contributed by atoms with Gasteiger partial charge in [-0.05, 0) is 90.3 Å². The first-order chi connectivity index (χ1) is 23.5. The van der Waals surface area contributed by atoms with E-state index in [1.807, 2.05) is 95.3 Å². The Morgan fingerprint density at radius 1 is 0.980 bits per heavy atom. The van der Waals surface area contributed by atoms with Crippen LogP contribution in [0.2, 0.25) is 0 Å². The molecule has 10 heteroatoms. The van der Waals surface area contributed by atoms with Gasteiger partial charge in [-0.15, -0.1) is 0 Å². The summed E-state index contributed by atoms with van der Waals surface area (Å²) in [4.78, 5) is 44.9. The third-order valence-electron chi connectivity index (χ3n) is 9.54. The predicted octanol–water partition coefficient (Wildman–Crippen LogP) is 8.04. The number of nitrogens with one attached hydrogen (secondary N) is 2. The van der Waals surface area contributed by atoms with E-state index in [1.54, 1.807) is 25.1 Å². The molecule has 0 aliphatic heterocycles. The molecule has 0 saturated heterocycles. The van der Waals surface area contributed by atoms with Crippen molar-refractivity contribution in [2.75, 3.05) is 12.4 Å². The summed E-state index contributed by atoms with van der Waals surface area (Å²) >= 11 is 0. The highest BCUT2D eigenvalue weighted by Crippen LogP contribution is 2.49. The Balaban J connectivity index is 1.29. The largest absolute Gasteiger partial charge is 0.447 e. The second-order valence-corrected chi connectivity index (χ2v) is 15.6. The van der Waals surface area contributed by atoms with E-state index in [0.29, 0.717) is 24.9 Å². The van der Waals surface area contributed by atoms with E-state index in [2.05, 4.69) is 10.6 Å². The van der Waals surface area contributed by atoms with Crippen LogP contribution in [-0.2, 0) is 19.8 Å². The molecule has 5 rings (SSSR count). The lowest BCUT2D eigenvalue weighted by Gasteiger charge is -2.52. The molecule has 268 valence electrons. The normalized spacial score (nSPS) is 23.4. The zero-order valence-corrected chi connectivity index (χ0v) is 30.4. The molecule has 2 fully saturated rings. The zero-order valence-electron chi connectivity index (χ0n) is 30.4. The Kier molecular flexibility index (Phi) is 10.9. The van der Waals surface area contributed by atoms with E-state index >= 15 is 0 Å². The fourth-order valence-electron chi connectivity index (χ4n) is 7.30. The standard InChI is InChI=1S/C40H52N4O6/c1-26(2)49-37(47)44(7)32-19-13-27(14-20-32)21-34(45)42-31-22-33(28-11-9-8-10-12-28)35(41-23-31)29-15-17-30(18-16-29)40(24-39(6,48)25-40)43-36(46)50-38(3,4)5/h8-12,15-18,22-23,26-27,32,48H,13-14,19-21,24-25H2,1-7H3,(H,42,45)(H,43,46). The Hall–Kier alpha value is -4.44. The van der Waals surface area contributed by atoms with Gasteiger partial charge in [-0.25, -0.2) is 9.59 Å². The monoisotopic (exact) mass is 684 g/mol. The number of carbonyl (C=O) groups excluding carboxylic acids is 3. The van der Waals surface area contributed by atoms with Gasteiger partial charge >= 0.3 is 12.2 Å². The average Bonchev–Trinajstić information content (AvgIpc) is 3.03. The van der Waals surface area contributed by atoms with Gasteiger partial charge < -0.3 is 30.1 Å². The van der Waals surface area contributed by atoms with Crippen molar-refractivity contribution in [2.24, 2.45) is 5.92 Å². The van der Waals surface area contributed by atoms with Crippen LogP contribution >= 0.6 is 0 Å². The van der Waals surface area contributed by atoms with Crippen LogP contribution in [0.1, 0.15) is 92.1 Å². The second kappa shape index (κ2) is 14.8. The summed E-state index contributed by atoms with van der Waals surface area (Å²) in [7, 11) is 1.79. The van der Waals surface area contributed by atoms with Gasteiger partial charge in [0, 0.05) is 43.5 Å². The molecular weight excluding hydrogens is 632 g/mol. The fraction of sp³-hybridized carbons (Fsp3) is 0.500. The number of hydrogen-bond acceptors (Lipinski definition) is 7. The molecular formula is C40H52N4O6. The number of amides is 3. The van der Waals surface area contributed by atoms with Gasteiger partial charge in [-0.1, -0.05) is 54.6 Å². The third kappa shape index (κ3) is 9.21. The molecule has 10 nitrogen and oxygen atoms in total. The second-order valence-electron chi connectivity index (χ2n) is 15.6. The maximum absolute atomic E-state index is 13.2. The molecule has 0 radical (unpaired) electrons. The quantitative estimate of drug-likeness (QED) is 0.208. The smallest absolute Gasteiger partial charge is 0.410 e. The number of aromatic nitrogens is 1. The number of carbonyl (C=O) groups is 3. The summed E-state index contributed by atoms with van der Waals surface area (Å²) in [5.41, 5.74) is 2.69. The lowest BCUT2D eigenvalue weighted by Crippen LogP contribution is -2.62. The minimum Gasteiger partial charge on any atom is -0.447 e. The molecule has 1 aromatic heterocycles. The van der Waals surface area contributed by atoms with Crippen molar-refractivity contribution in [3.05, 3.63) is 72.4 Å². The van der Waals surface area contributed by atoms with E-state index in [1.165, 1.54) is 0 Å². The number of hydrogen-bond donors (Lipinski definition) is 3. The van der Waals surface area contributed by atoms with Crippen LogP contribution in [-0.4, -0.2) is 63.5 Å². The topological polar surface area (TPSA) is 130 Å². The van der Waals surface area contributed by atoms with Gasteiger partial charge in [0.25, 0.3) is 0 Å². The highest BCUT2D eigenvalue weighted by atomic mass is 16.6. The fourth-order valence-corrected chi connectivity index (χ4v) is 7.30. The van der Waals surface area contributed by atoms with Crippen molar-refractivity contribution < 1.29 is 29.0 Å². The van der Waals surface area contributed by atoms with Crippen molar-refractivity contribution in [2.45, 2.75) is 115 Å². The van der Waals surface area contributed by atoms with Crippen LogP contribution < -0.4 is 10.6 Å². The van der Waals surface area contributed by atoms with E-state index < -0.39 is 22.8 Å². The average molecular weight is 685 g/mol. The Labute approximate surface area is 296 Å². The van der Waals surface area contributed by atoms with Crippen LogP contribution in [0.4, 0.5) is 15.3 Å². The molecule has 2 aliphatic carbocycles. The van der Waals surface area contributed by atoms with Gasteiger partial charge in [0.05, 0.1) is 34.8 Å². The molecule has 2 aromatic carbocycles. The first kappa shape index (κ1) is 36.8. The summed E-state index contributed by atoms with van der Waals surface area (Å²) in [5, 5.41) is 16.8. The maximum Gasteiger partial charge on any atom is 0.410 e. The molecule has 3 N–H and O–H groups in total. The van der Waals surface area contributed by atoms with Crippen molar-refractivity contribution in [3.63, 3.8) is 0 Å². The van der Waals surface area contributed by atoms with Crippen molar-refractivity contribution >= 4 is 23.8 Å².